The van der Waals surface area contributed by atoms with Gasteiger partial charge in [0.05, 0.1) is 4.92 Å². The third-order valence-electron chi connectivity index (χ3n) is 3.74. The van der Waals surface area contributed by atoms with Crippen molar-refractivity contribution in [2.45, 2.75) is 0 Å². The molecule has 138 valence electrons. The lowest BCUT2D eigenvalue weighted by atomic mass is 10.1. The Labute approximate surface area is 158 Å². The fourth-order valence-corrected chi connectivity index (χ4v) is 2.36. The van der Waals surface area contributed by atoms with Crippen LogP contribution in [0.5, 0.6) is 0 Å². The number of nitro groups is 1. The van der Waals surface area contributed by atoms with Crippen molar-refractivity contribution in [3.8, 4) is 17.4 Å². The van der Waals surface area contributed by atoms with E-state index >= 15 is 0 Å². The van der Waals surface area contributed by atoms with Crippen molar-refractivity contribution in [3.05, 3.63) is 87.9 Å². The number of furan rings is 1. The average molecular weight is 377 g/mol. The first-order valence-electron chi connectivity index (χ1n) is 7.99. The number of rotatable bonds is 5. The second-order valence-electron chi connectivity index (χ2n) is 5.64. The molecule has 0 fully saturated rings. The van der Waals surface area contributed by atoms with Gasteiger partial charge in [-0.2, -0.15) is 5.26 Å². The summed E-state index contributed by atoms with van der Waals surface area (Å²) in [7, 11) is 0. The first-order valence-corrected chi connectivity index (χ1v) is 7.99. The van der Waals surface area contributed by atoms with Gasteiger partial charge in [0.2, 0.25) is 0 Å². The Kier molecular flexibility index (Phi) is 5.28. The molecule has 1 N–H and O–H groups in total. The Balaban J connectivity index is 1.78. The highest BCUT2D eigenvalue weighted by Gasteiger charge is 2.12. The number of nitriles is 1. The largest absolute Gasteiger partial charge is 0.457 e. The number of anilines is 1. The van der Waals surface area contributed by atoms with Gasteiger partial charge in [-0.15, -0.1) is 0 Å². The highest BCUT2D eigenvalue weighted by Crippen LogP contribution is 2.25. The molecule has 1 heterocycles. The average Bonchev–Trinajstić information content (AvgIpc) is 3.16. The molecule has 28 heavy (non-hydrogen) atoms. The van der Waals surface area contributed by atoms with E-state index in [0.29, 0.717) is 17.0 Å². The van der Waals surface area contributed by atoms with Gasteiger partial charge in [0.25, 0.3) is 11.6 Å². The Morgan fingerprint density at radius 1 is 1.11 bits per heavy atom. The summed E-state index contributed by atoms with van der Waals surface area (Å²) in [5.41, 5.74) is 0.715. The van der Waals surface area contributed by atoms with Crippen LogP contribution in [0.4, 0.5) is 15.8 Å². The lowest BCUT2D eigenvalue weighted by Crippen LogP contribution is -2.13. The lowest BCUT2D eigenvalue weighted by molar-refractivity contribution is -0.384. The molecule has 0 radical (unpaired) electrons. The Hall–Kier alpha value is -4.25. The van der Waals surface area contributed by atoms with Gasteiger partial charge in [0, 0.05) is 29.5 Å². The molecule has 3 aromatic rings. The smallest absolute Gasteiger partial charge is 0.269 e. The van der Waals surface area contributed by atoms with Crippen LogP contribution in [0.1, 0.15) is 5.76 Å². The topological polar surface area (TPSA) is 109 Å². The highest BCUT2D eigenvalue weighted by atomic mass is 19.1. The van der Waals surface area contributed by atoms with Crippen LogP contribution in [0, 0.1) is 27.3 Å². The predicted molar refractivity (Wildman–Crippen MR) is 99.4 cm³/mol. The summed E-state index contributed by atoms with van der Waals surface area (Å²) in [6.45, 7) is 0. The van der Waals surface area contributed by atoms with E-state index < -0.39 is 16.6 Å². The number of nitrogens with zero attached hydrogens (tertiary/aromatic N) is 2. The number of hydrogen-bond donors (Lipinski definition) is 1. The number of amides is 1. The van der Waals surface area contributed by atoms with Crippen LogP contribution in [0.3, 0.4) is 0 Å². The molecule has 0 unspecified atom stereocenters. The Morgan fingerprint density at radius 2 is 1.79 bits per heavy atom. The van der Waals surface area contributed by atoms with E-state index in [1.165, 1.54) is 54.6 Å². The number of non-ortho nitro benzene ring substituents is 1. The minimum atomic E-state index is -0.664. The van der Waals surface area contributed by atoms with Crippen LogP contribution < -0.4 is 5.32 Å². The van der Waals surface area contributed by atoms with Crippen LogP contribution >= 0.6 is 0 Å². The molecule has 0 aliphatic rings. The molecule has 1 aromatic heterocycles. The summed E-state index contributed by atoms with van der Waals surface area (Å²) in [6.07, 6.45) is 1.27. The second-order valence-corrected chi connectivity index (χ2v) is 5.64. The van der Waals surface area contributed by atoms with Crippen LogP contribution in [-0.4, -0.2) is 10.8 Å². The summed E-state index contributed by atoms with van der Waals surface area (Å²) in [5, 5.41) is 22.4. The van der Waals surface area contributed by atoms with Gasteiger partial charge >= 0.3 is 0 Å². The van der Waals surface area contributed by atoms with Crippen LogP contribution in [0.2, 0.25) is 0 Å². The third kappa shape index (κ3) is 4.28. The highest BCUT2D eigenvalue weighted by molar-refractivity contribution is 6.09. The van der Waals surface area contributed by atoms with Crippen molar-refractivity contribution in [2.75, 3.05) is 5.32 Å². The molecule has 8 heteroatoms. The maximum Gasteiger partial charge on any atom is 0.269 e. The summed E-state index contributed by atoms with van der Waals surface area (Å²) >= 11 is 0. The van der Waals surface area contributed by atoms with Crippen molar-refractivity contribution < 1.29 is 18.5 Å². The molecular formula is C20H12FN3O4. The normalized spacial score (nSPS) is 10.9. The van der Waals surface area contributed by atoms with E-state index in [-0.39, 0.29) is 17.0 Å². The summed E-state index contributed by atoms with van der Waals surface area (Å²) in [6, 6.07) is 15.9. The Morgan fingerprint density at radius 3 is 2.39 bits per heavy atom. The van der Waals surface area contributed by atoms with Gasteiger partial charge in [-0.3, -0.25) is 14.9 Å². The van der Waals surface area contributed by atoms with Gasteiger partial charge in [0.1, 0.15) is 29.0 Å². The van der Waals surface area contributed by atoms with Crippen LogP contribution in [0.25, 0.3) is 17.4 Å². The molecule has 2 aromatic carbocycles. The quantitative estimate of drug-likeness (QED) is 0.304. The molecule has 0 saturated carbocycles. The summed E-state index contributed by atoms with van der Waals surface area (Å²) in [5.74, 6) is -0.414. The first-order chi connectivity index (χ1) is 13.5. The van der Waals surface area contributed by atoms with Gasteiger partial charge < -0.3 is 9.73 Å². The van der Waals surface area contributed by atoms with Gasteiger partial charge in [-0.25, -0.2) is 4.39 Å². The van der Waals surface area contributed by atoms with Crippen LogP contribution in [-0.2, 0) is 4.79 Å². The number of hydrogen-bond acceptors (Lipinski definition) is 5. The van der Waals surface area contributed by atoms with Gasteiger partial charge in [-0.1, -0.05) is 0 Å². The van der Waals surface area contributed by atoms with Gasteiger partial charge in [-0.05, 0) is 48.5 Å². The number of nitrogens with one attached hydrogen (secondary N) is 1. The van der Waals surface area contributed by atoms with E-state index in [2.05, 4.69) is 5.32 Å². The summed E-state index contributed by atoms with van der Waals surface area (Å²) < 4.78 is 18.5. The van der Waals surface area contributed by atoms with Crippen molar-refractivity contribution in [1.82, 2.24) is 0 Å². The minimum absolute atomic E-state index is 0.0420. The molecular weight excluding hydrogens is 365 g/mol. The van der Waals surface area contributed by atoms with Crippen molar-refractivity contribution in [2.24, 2.45) is 0 Å². The molecule has 0 saturated heterocycles. The van der Waals surface area contributed by atoms with E-state index in [0.717, 1.165) is 0 Å². The van der Waals surface area contributed by atoms with E-state index in [1.807, 2.05) is 0 Å². The van der Waals surface area contributed by atoms with Crippen LogP contribution in [0.15, 0.2) is 70.7 Å². The molecule has 0 aliphatic heterocycles. The van der Waals surface area contributed by atoms with Crippen molar-refractivity contribution in [1.29, 1.82) is 5.26 Å². The maximum atomic E-state index is 12.9. The molecule has 3 rings (SSSR count). The number of nitro benzene ring substituents is 1. The second kappa shape index (κ2) is 7.97. The SMILES string of the molecule is N#CC(=Cc1ccc(-c2ccc([N+](=O)[O-])cc2)o1)C(=O)Nc1ccc(F)cc1. The van der Waals surface area contributed by atoms with E-state index in [9.17, 15) is 24.6 Å². The fourth-order valence-electron chi connectivity index (χ4n) is 2.36. The number of carbonyl (C=O) groups is 1. The standard InChI is InChI=1S/C20H12FN3O4/c21-15-3-5-16(6-4-15)23-20(25)14(12-22)11-18-9-10-19(28-18)13-1-7-17(8-2-13)24(26)27/h1-11H,(H,23,25). The zero-order chi connectivity index (χ0) is 20.1. The third-order valence-corrected chi connectivity index (χ3v) is 3.74. The molecule has 0 atom stereocenters. The van der Waals surface area contributed by atoms with Crippen molar-refractivity contribution in [3.63, 3.8) is 0 Å². The Bertz CT molecular complexity index is 1090. The zero-order valence-electron chi connectivity index (χ0n) is 14.3. The predicted octanol–water partition coefficient (Wildman–Crippen LogP) is 4.54. The van der Waals surface area contributed by atoms with E-state index in [4.69, 9.17) is 4.42 Å². The zero-order valence-corrected chi connectivity index (χ0v) is 14.3. The summed E-state index contributed by atoms with van der Waals surface area (Å²) in [4.78, 5) is 22.4. The fraction of sp³-hybridized carbons (Fsp3) is 0. The molecule has 0 bridgehead atoms. The number of carbonyl (C=O) groups excluding carboxylic acids is 1. The molecule has 1 amide bonds. The van der Waals surface area contributed by atoms with Crippen molar-refractivity contribution >= 4 is 23.4 Å². The monoisotopic (exact) mass is 377 g/mol. The molecule has 0 spiro atoms. The maximum absolute atomic E-state index is 12.9. The van der Waals surface area contributed by atoms with Gasteiger partial charge in [0.15, 0.2) is 0 Å². The first kappa shape index (κ1) is 18.5. The number of benzene rings is 2. The molecule has 0 aliphatic carbocycles. The lowest BCUT2D eigenvalue weighted by Gasteiger charge is -2.03. The minimum Gasteiger partial charge on any atom is -0.457 e. The van der Waals surface area contributed by atoms with E-state index in [1.54, 1.807) is 18.2 Å². The molecule has 7 nitrogen and oxygen atoms in total. The number of halogens is 1.